The largest absolute Gasteiger partial charge is 0.397 e. The molecule has 0 aliphatic rings. The molecule has 1 aromatic rings. The molecule has 1 amide bonds. The van der Waals surface area contributed by atoms with Crippen LogP contribution in [0.4, 0.5) is 11.4 Å². The molecule has 0 saturated carbocycles. The Balaban J connectivity index is 2.80. The SMILES string of the molecule is CNC(=O)c1ccc(N)c(NCC(C)OC)c1. The van der Waals surface area contributed by atoms with Gasteiger partial charge in [-0.05, 0) is 25.1 Å². The highest BCUT2D eigenvalue weighted by molar-refractivity contribution is 5.96. The van der Waals surface area contributed by atoms with Crippen molar-refractivity contribution in [3.8, 4) is 0 Å². The highest BCUT2D eigenvalue weighted by atomic mass is 16.5. The molecule has 1 aromatic carbocycles. The number of rotatable bonds is 5. The number of nitrogens with two attached hydrogens (primary N) is 1. The Labute approximate surface area is 101 Å². The second-order valence-corrected chi connectivity index (χ2v) is 3.81. The van der Waals surface area contributed by atoms with E-state index in [0.717, 1.165) is 5.69 Å². The molecular formula is C12H19N3O2. The third-order valence-electron chi connectivity index (χ3n) is 2.52. The summed E-state index contributed by atoms with van der Waals surface area (Å²) >= 11 is 0. The average molecular weight is 237 g/mol. The van der Waals surface area contributed by atoms with Crippen LogP contribution in [0.1, 0.15) is 17.3 Å². The molecule has 1 rings (SSSR count). The van der Waals surface area contributed by atoms with Crippen molar-refractivity contribution < 1.29 is 9.53 Å². The molecule has 5 heteroatoms. The molecule has 94 valence electrons. The first-order chi connectivity index (χ1) is 8.08. The van der Waals surface area contributed by atoms with Crippen molar-refractivity contribution in [3.05, 3.63) is 23.8 Å². The lowest BCUT2D eigenvalue weighted by Crippen LogP contribution is -2.20. The van der Waals surface area contributed by atoms with Crippen LogP contribution in [0.25, 0.3) is 0 Å². The zero-order chi connectivity index (χ0) is 12.8. The average Bonchev–Trinajstić information content (AvgIpc) is 2.36. The Hall–Kier alpha value is -1.75. The molecule has 0 fully saturated rings. The van der Waals surface area contributed by atoms with Gasteiger partial charge < -0.3 is 21.1 Å². The van der Waals surface area contributed by atoms with Gasteiger partial charge in [0.2, 0.25) is 0 Å². The second kappa shape index (κ2) is 6.10. The standard InChI is InChI=1S/C12H19N3O2/c1-8(17-3)7-15-11-6-9(12(16)14-2)4-5-10(11)13/h4-6,8,15H,7,13H2,1-3H3,(H,14,16). The Kier molecular flexibility index (Phi) is 4.78. The molecule has 0 aliphatic heterocycles. The lowest BCUT2D eigenvalue weighted by Gasteiger charge is -2.14. The van der Waals surface area contributed by atoms with E-state index in [-0.39, 0.29) is 12.0 Å². The van der Waals surface area contributed by atoms with E-state index in [4.69, 9.17) is 10.5 Å². The van der Waals surface area contributed by atoms with Crippen LogP contribution >= 0.6 is 0 Å². The Morgan fingerprint density at radius 2 is 2.24 bits per heavy atom. The molecule has 17 heavy (non-hydrogen) atoms. The van der Waals surface area contributed by atoms with Crippen LogP contribution in [0.2, 0.25) is 0 Å². The van der Waals surface area contributed by atoms with Crippen molar-refractivity contribution >= 4 is 17.3 Å². The fourth-order valence-electron chi connectivity index (χ4n) is 1.33. The molecule has 1 atom stereocenters. The van der Waals surface area contributed by atoms with Crippen LogP contribution in [-0.2, 0) is 4.74 Å². The molecule has 1 unspecified atom stereocenters. The molecule has 0 radical (unpaired) electrons. The number of carbonyl (C=O) groups is 1. The van der Waals surface area contributed by atoms with Gasteiger partial charge in [-0.15, -0.1) is 0 Å². The number of nitrogens with one attached hydrogen (secondary N) is 2. The summed E-state index contributed by atoms with van der Waals surface area (Å²) in [5, 5.41) is 5.72. The number of benzene rings is 1. The first-order valence-electron chi connectivity index (χ1n) is 5.46. The molecule has 0 aliphatic carbocycles. The van der Waals surface area contributed by atoms with Gasteiger partial charge in [-0.1, -0.05) is 0 Å². The Morgan fingerprint density at radius 1 is 1.53 bits per heavy atom. The van der Waals surface area contributed by atoms with Crippen molar-refractivity contribution in [1.29, 1.82) is 0 Å². The molecule has 0 bridgehead atoms. The summed E-state index contributed by atoms with van der Waals surface area (Å²) in [5.74, 6) is -0.132. The minimum atomic E-state index is -0.132. The maximum absolute atomic E-state index is 11.5. The molecule has 0 spiro atoms. The number of hydrogen-bond donors (Lipinski definition) is 3. The monoisotopic (exact) mass is 237 g/mol. The van der Waals surface area contributed by atoms with Crippen molar-refractivity contribution in [2.45, 2.75) is 13.0 Å². The number of carbonyl (C=O) groups excluding carboxylic acids is 1. The van der Waals surface area contributed by atoms with E-state index in [1.54, 1.807) is 32.4 Å². The number of amides is 1. The number of hydrogen-bond acceptors (Lipinski definition) is 4. The summed E-state index contributed by atoms with van der Waals surface area (Å²) in [6.07, 6.45) is 0.0815. The van der Waals surface area contributed by atoms with Gasteiger partial charge in [-0.2, -0.15) is 0 Å². The van der Waals surface area contributed by atoms with E-state index < -0.39 is 0 Å². The number of anilines is 2. The molecule has 5 nitrogen and oxygen atoms in total. The van der Waals surface area contributed by atoms with Gasteiger partial charge in [-0.25, -0.2) is 0 Å². The quantitative estimate of drug-likeness (QED) is 0.670. The van der Waals surface area contributed by atoms with Gasteiger partial charge >= 0.3 is 0 Å². The number of nitrogen functional groups attached to an aromatic ring is 1. The van der Waals surface area contributed by atoms with Crippen LogP contribution < -0.4 is 16.4 Å². The molecule has 0 aromatic heterocycles. The predicted molar refractivity (Wildman–Crippen MR) is 69.2 cm³/mol. The second-order valence-electron chi connectivity index (χ2n) is 3.81. The number of methoxy groups -OCH3 is 1. The number of ether oxygens (including phenoxy) is 1. The summed E-state index contributed by atoms with van der Waals surface area (Å²) in [6.45, 7) is 2.59. The zero-order valence-electron chi connectivity index (χ0n) is 10.4. The summed E-state index contributed by atoms with van der Waals surface area (Å²) < 4.78 is 5.13. The van der Waals surface area contributed by atoms with Gasteiger partial charge in [0.15, 0.2) is 0 Å². The minimum absolute atomic E-state index is 0.0815. The summed E-state index contributed by atoms with van der Waals surface area (Å²) in [6, 6.07) is 5.14. The smallest absolute Gasteiger partial charge is 0.251 e. The van der Waals surface area contributed by atoms with Crippen molar-refractivity contribution in [3.63, 3.8) is 0 Å². The van der Waals surface area contributed by atoms with Gasteiger partial charge in [0, 0.05) is 26.3 Å². The zero-order valence-corrected chi connectivity index (χ0v) is 10.4. The highest BCUT2D eigenvalue weighted by Crippen LogP contribution is 2.20. The Bertz CT molecular complexity index is 393. The molecule has 0 saturated heterocycles. The first kappa shape index (κ1) is 13.3. The summed E-state index contributed by atoms with van der Waals surface area (Å²) in [5.41, 5.74) is 7.76. The fraction of sp³-hybridized carbons (Fsp3) is 0.417. The molecular weight excluding hydrogens is 218 g/mol. The molecule has 0 heterocycles. The third-order valence-corrected chi connectivity index (χ3v) is 2.52. The third kappa shape index (κ3) is 3.64. The van der Waals surface area contributed by atoms with Gasteiger partial charge in [0.25, 0.3) is 5.91 Å². The van der Waals surface area contributed by atoms with E-state index in [2.05, 4.69) is 10.6 Å². The van der Waals surface area contributed by atoms with Crippen LogP contribution in [0.3, 0.4) is 0 Å². The van der Waals surface area contributed by atoms with E-state index in [1.807, 2.05) is 6.92 Å². The fourth-order valence-corrected chi connectivity index (χ4v) is 1.33. The van der Waals surface area contributed by atoms with Crippen molar-refractivity contribution in [2.24, 2.45) is 0 Å². The van der Waals surface area contributed by atoms with E-state index >= 15 is 0 Å². The summed E-state index contributed by atoms with van der Waals surface area (Å²) in [7, 11) is 3.25. The van der Waals surface area contributed by atoms with Crippen molar-refractivity contribution in [2.75, 3.05) is 31.8 Å². The lowest BCUT2D eigenvalue weighted by atomic mass is 10.1. The minimum Gasteiger partial charge on any atom is -0.397 e. The maximum Gasteiger partial charge on any atom is 0.251 e. The molecule has 4 N–H and O–H groups in total. The topological polar surface area (TPSA) is 76.4 Å². The van der Waals surface area contributed by atoms with Crippen molar-refractivity contribution in [1.82, 2.24) is 5.32 Å². The van der Waals surface area contributed by atoms with Crippen LogP contribution in [0, 0.1) is 0 Å². The summed E-state index contributed by atoms with van der Waals surface area (Å²) in [4.78, 5) is 11.5. The highest BCUT2D eigenvalue weighted by Gasteiger charge is 2.07. The van der Waals surface area contributed by atoms with Crippen LogP contribution in [0.15, 0.2) is 18.2 Å². The van der Waals surface area contributed by atoms with E-state index in [0.29, 0.717) is 17.8 Å². The van der Waals surface area contributed by atoms with Crippen LogP contribution in [-0.4, -0.2) is 32.7 Å². The van der Waals surface area contributed by atoms with E-state index in [1.165, 1.54) is 0 Å². The maximum atomic E-state index is 11.5. The van der Waals surface area contributed by atoms with Gasteiger partial charge in [-0.3, -0.25) is 4.79 Å². The van der Waals surface area contributed by atoms with Gasteiger partial charge in [0.1, 0.15) is 0 Å². The first-order valence-corrected chi connectivity index (χ1v) is 5.46. The lowest BCUT2D eigenvalue weighted by molar-refractivity contribution is 0.0963. The predicted octanol–water partition coefficient (Wildman–Crippen LogP) is 1.08. The van der Waals surface area contributed by atoms with Crippen LogP contribution in [0.5, 0.6) is 0 Å². The normalized spacial score (nSPS) is 11.9. The Morgan fingerprint density at radius 3 is 2.82 bits per heavy atom. The van der Waals surface area contributed by atoms with Gasteiger partial charge in [0.05, 0.1) is 17.5 Å². The van der Waals surface area contributed by atoms with E-state index in [9.17, 15) is 4.79 Å².